The number of aromatic nitrogens is 4. The van der Waals surface area contributed by atoms with E-state index >= 15 is 0 Å². The normalized spacial score (nSPS) is 10.1. The van der Waals surface area contributed by atoms with E-state index in [9.17, 15) is 0 Å². The number of aliphatic hydroxyl groups excluding tert-OH is 1. The van der Waals surface area contributed by atoms with Crippen LogP contribution in [0.25, 0.3) is 11.2 Å². The molecule has 1 aromatic carbocycles. The molecule has 3 aromatic rings. The summed E-state index contributed by atoms with van der Waals surface area (Å²) in [4.78, 5) is 16.4. The Kier molecular flexibility index (Phi) is 6.46. The van der Waals surface area contributed by atoms with E-state index in [4.69, 9.17) is 28.3 Å². The van der Waals surface area contributed by atoms with Gasteiger partial charge < -0.3 is 10.4 Å². The Labute approximate surface area is 143 Å². The molecular formula is C15H15Cl2N5O. The Balaban J connectivity index is 0.000000595. The van der Waals surface area contributed by atoms with Gasteiger partial charge in [-0.15, -0.1) is 0 Å². The molecule has 2 aromatic heterocycles. The molecular weight excluding hydrogens is 337 g/mol. The van der Waals surface area contributed by atoms with Crippen molar-refractivity contribution in [3.8, 4) is 0 Å². The van der Waals surface area contributed by atoms with Gasteiger partial charge in [-0.25, -0.2) is 9.97 Å². The molecule has 3 rings (SSSR count). The second kappa shape index (κ2) is 8.57. The van der Waals surface area contributed by atoms with Crippen LogP contribution in [0.4, 0.5) is 5.82 Å². The van der Waals surface area contributed by atoms with E-state index in [1.165, 1.54) is 6.20 Å². The third-order valence-electron chi connectivity index (χ3n) is 2.65. The van der Waals surface area contributed by atoms with Crippen molar-refractivity contribution in [3.05, 3.63) is 52.5 Å². The van der Waals surface area contributed by atoms with E-state index < -0.39 is 0 Å². The molecule has 2 N–H and O–H groups in total. The minimum atomic E-state index is 0.102. The summed E-state index contributed by atoms with van der Waals surface area (Å²) < 4.78 is 0. The molecule has 0 bridgehead atoms. The molecule has 0 spiro atoms. The lowest BCUT2D eigenvalue weighted by Gasteiger charge is -2.08. The summed E-state index contributed by atoms with van der Waals surface area (Å²) in [6.07, 6.45) is 1.45. The van der Waals surface area contributed by atoms with Crippen LogP contribution in [0.3, 0.4) is 0 Å². The van der Waals surface area contributed by atoms with Crippen LogP contribution in [0.2, 0.25) is 10.4 Å². The standard InChI is InChI=1S/C13H9Cl2N5.C2H6O/c14-9-7-16-10-11(19-13(15)20-12(10)18-9)17-6-8-4-2-1-3-5-8;1-2-3/h1-5,7H,6H2,(H,17,18,19,20);3H,2H2,1H3. The Bertz CT molecular complexity index is 765. The Morgan fingerprint density at radius 1 is 1.09 bits per heavy atom. The zero-order chi connectivity index (χ0) is 16.7. The van der Waals surface area contributed by atoms with Gasteiger partial charge in [0.25, 0.3) is 0 Å². The van der Waals surface area contributed by atoms with Crippen molar-refractivity contribution in [1.29, 1.82) is 0 Å². The highest BCUT2D eigenvalue weighted by molar-refractivity contribution is 6.30. The van der Waals surface area contributed by atoms with Gasteiger partial charge in [0.15, 0.2) is 17.0 Å². The molecule has 0 saturated carbocycles. The van der Waals surface area contributed by atoms with E-state index in [1.807, 2.05) is 30.3 Å². The second-order valence-electron chi connectivity index (χ2n) is 4.36. The van der Waals surface area contributed by atoms with E-state index in [0.29, 0.717) is 23.5 Å². The molecule has 0 aliphatic carbocycles. The van der Waals surface area contributed by atoms with Gasteiger partial charge in [0.1, 0.15) is 5.15 Å². The molecule has 0 aliphatic rings. The van der Waals surface area contributed by atoms with Gasteiger partial charge in [0.05, 0.1) is 6.20 Å². The van der Waals surface area contributed by atoms with Gasteiger partial charge in [-0.2, -0.15) is 9.97 Å². The second-order valence-corrected chi connectivity index (χ2v) is 5.09. The maximum Gasteiger partial charge on any atom is 0.226 e. The summed E-state index contributed by atoms with van der Waals surface area (Å²) >= 11 is 11.7. The average molecular weight is 352 g/mol. The molecule has 0 aliphatic heterocycles. The van der Waals surface area contributed by atoms with E-state index in [1.54, 1.807) is 6.92 Å². The predicted octanol–water partition coefficient (Wildman–Crippen LogP) is 3.34. The summed E-state index contributed by atoms with van der Waals surface area (Å²) in [5.74, 6) is 0.535. The van der Waals surface area contributed by atoms with Crippen molar-refractivity contribution in [1.82, 2.24) is 19.9 Å². The minimum Gasteiger partial charge on any atom is -0.397 e. The van der Waals surface area contributed by atoms with Crippen LogP contribution in [0.1, 0.15) is 12.5 Å². The third-order valence-corrected chi connectivity index (χ3v) is 3.01. The van der Waals surface area contributed by atoms with E-state index in [0.717, 1.165) is 5.56 Å². The number of benzene rings is 1. The van der Waals surface area contributed by atoms with Crippen molar-refractivity contribution < 1.29 is 5.11 Å². The monoisotopic (exact) mass is 351 g/mol. The van der Waals surface area contributed by atoms with Crippen molar-refractivity contribution in [2.24, 2.45) is 0 Å². The number of nitrogens with one attached hydrogen (secondary N) is 1. The van der Waals surface area contributed by atoms with Crippen LogP contribution in [0.5, 0.6) is 0 Å². The zero-order valence-electron chi connectivity index (χ0n) is 12.4. The summed E-state index contributed by atoms with van der Waals surface area (Å²) in [5, 5.41) is 11.1. The fraction of sp³-hybridized carbons (Fsp3) is 0.200. The highest BCUT2D eigenvalue weighted by Gasteiger charge is 2.09. The van der Waals surface area contributed by atoms with Crippen LogP contribution < -0.4 is 5.32 Å². The van der Waals surface area contributed by atoms with Crippen molar-refractivity contribution in [3.63, 3.8) is 0 Å². The smallest absolute Gasteiger partial charge is 0.226 e. The Morgan fingerprint density at radius 3 is 2.48 bits per heavy atom. The van der Waals surface area contributed by atoms with Gasteiger partial charge in [-0.1, -0.05) is 41.9 Å². The zero-order valence-corrected chi connectivity index (χ0v) is 13.9. The quantitative estimate of drug-likeness (QED) is 0.704. The van der Waals surface area contributed by atoms with Gasteiger partial charge in [0, 0.05) is 13.2 Å². The lowest BCUT2D eigenvalue weighted by Crippen LogP contribution is -2.04. The molecule has 0 saturated heterocycles. The molecule has 23 heavy (non-hydrogen) atoms. The molecule has 8 heteroatoms. The highest BCUT2D eigenvalue weighted by Crippen LogP contribution is 2.20. The van der Waals surface area contributed by atoms with Gasteiger partial charge in [-0.05, 0) is 24.1 Å². The molecule has 120 valence electrons. The number of rotatable bonds is 3. The fourth-order valence-electron chi connectivity index (χ4n) is 1.77. The van der Waals surface area contributed by atoms with Gasteiger partial charge in [-0.3, -0.25) is 0 Å². The van der Waals surface area contributed by atoms with Crippen molar-refractivity contribution >= 4 is 40.2 Å². The van der Waals surface area contributed by atoms with Gasteiger partial charge >= 0.3 is 0 Å². The van der Waals surface area contributed by atoms with E-state index in [2.05, 4.69) is 25.3 Å². The summed E-state index contributed by atoms with van der Waals surface area (Å²) in [6.45, 7) is 2.54. The first kappa shape index (κ1) is 17.3. The van der Waals surface area contributed by atoms with Crippen LogP contribution in [-0.2, 0) is 6.54 Å². The number of hydrogen-bond acceptors (Lipinski definition) is 6. The first-order valence-corrected chi connectivity index (χ1v) is 7.64. The molecule has 0 fully saturated rings. The number of nitrogens with zero attached hydrogens (tertiary/aromatic N) is 4. The number of aliphatic hydroxyl groups is 1. The lowest BCUT2D eigenvalue weighted by atomic mass is 10.2. The number of anilines is 1. The predicted molar refractivity (Wildman–Crippen MR) is 91.7 cm³/mol. The number of hydrogen-bond donors (Lipinski definition) is 2. The minimum absolute atomic E-state index is 0.102. The molecule has 6 nitrogen and oxygen atoms in total. The summed E-state index contributed by atoms with van der Waals surface area (Å²) in [6, 6.07) is 9.94. The largest absolute Gasteiger partial charge is 0.397 e. The summed E-state index contributed by atoms with van der Waals surface area (Å²) in [5.41, 5.74) is 2.03. The van der Waals surface area contributed by atoms with Crippen molar-refractivity contribution in [2.75, 3.05) is 11.9 Å². The summed E-state index contributed by atoms with van der Waals surface area (Å²) in [7, 11) is 0. The first-order chi connectivity index (χ1) is 11.1. The maximum atomic E-state index is 7.57. The SMILES string of the molecule is CCO.Clc1cnc2c(NCc3ccccc3)nc(Cl)nc2n1. The number of fused-ring (bicyclic) bond motifs is 1. The molecule has 2 heterocycles. The van der Waals surface area contributed by atoms with Crippen LogP contribution in [0.15, 0.2) is 36.5 Å². The van der Waals surface area contributed by atoms with E-state index in [-0.39, 0.29) is 17.0 Å². The van der Waals surface area contributed by atoms with Crippen molar-refractivity contribution in [2.45, 2.75) is 13.5 Å². The van der Waals surface area contributed by atoms with Crippen LogP contribution in [-0.4, -0.2) is 31.6 Å². The molecule has 0 atom stereocenters. The molecule has 0 unspecified atom stereocenters. The molecule has 0 amide bonds. The van der Waals surface area contributed by atoms with Crippen LogP contribution >= 0.6 is 23.2 Å². The average Bonchev–Trinajstić information content (AvgIpc) is 2.54. The fourth-order valence-corrected chi connectivity index (χ4v) is 2.06. The first-order valence-electron chi connectivity index (χ1n) is 6.88. The highest BCUT2D eigenvalue weighted by atomic mass is 35.5. The topological polar surface area (TPSA) is 83.8 Å². The third kappa shape index (κ3) is 4.99. The number of halogens is 2. The Hall–Kier alpha value is -2.02. The Morgan fingerprint density at radius 2 is 1.78 bits per heavy atom. The lowest BCUT2D eigenvalue weighted by molar-refractivity contribution is 0.318. The van der Waals surface area contributed by atoms with Crippen LogP contribution in [0, 0.1) is 0 Å². The van der Waals surface area contributed by atoms with Gasteiger partial charge in [0.2, 0.25) is 5.28 Å². The maximum absolute atomic E-state index is 7.57. The molecule has 0 radical (unpaired) electrons.